The molecule has 0 aliphatic heterocycles. The number of rotatable bonds is 7. The standard InChI is InChI=1S/C19H17ClF4N2O7/c1-4-5-32-16(29)17(31-3)33-15(28)9-6-12(11(21)7-10(9)20)26-14(27)8-13(19(22,23)24)25(2)18(26)30/h6-8,17H,4-5H2,1-3H3. The molecule has 0 saturated heterocycles. The van der Waals surface area contributed by atoms with Crippen molar-refractivity contribution in [2.75, 3.05) is 13.7 Å². The summed E-state index contributed by atoms with van der Waals surface area (Å²) in [6.45, 7) is 1.73. The second-order valence-corrected chi connectivity index (χ2v) is 6.87. The molecule has 0 aliphatic rings. The third-order valence-electron chi connectivity index (χ3n) is 4.18. The zero-order valence-electron chi connectivity index (χ0n) is 17.4. The largest absolute Gasteiger partial charge is 0.461 e. The number of alkyl halides is 3. The molecule has 1 aromatic heterocycles. The Hall–Kier alpha value is -3.19. The molecule has 0 fully saturated rings. The number of carbonyl (C=O) groups excluding carboxylic acids is 2. The molecule has 1 aromatic carbocycles. The predicted molar refractivity (Wildman–Crippen MR) is 105 cm³/mol. The van der Waals surface area contributed by atoms with Gasteiger partial charge in [-0.3, -0.25) is 9.36 Å². The van der Waals surface area contributed by atoms with Gasteiger partial charge in [-0.05, 0) is 18.6 Å². The molecule has 0 spiro atoms. The van der Waals surface area contributed by atoms with Crippen LogP contribution in [0.1, 0.15) is 29.4 Å². The van der Waals surface area contributed by atoms with Crippen LogP contribution in [0.4, 0.5) is 17.6 Å². The summed E-state index contributed by atoms with van der Waals surface area (Å²) in [6, 6.07) is 1.27. The highest BCUT2D eigenvalue weighted by Crippen LogP contribution is 2.28. The van der Waals surface area contributed by atoms with Gasteiger partial charge in [0.15, 0.2) is 0 Å². The average molecular weight is 497 g/mol. The van der Waals surface area contributed by atoms with Gasteiger partial charge in [-0.15, -0.1) is 0 Å². The zero-order valence-corrected chi connectivity index (χ0v) is 18.1. The smallest absolute Gasteiger partial charge is 0.431 e. The maximum atomic E-state index is 14.5. The number of hydrogen-bond acceptors (Lipinski definition) is 7. The minimum Gasteiger partial charge on any atom is -0.461 e. The van der Waals surface area contributed by atoms with Crippen LogP contribution >= 0.6 is 11.6 Å². The minimum atomic E-state index is -5.03. The highest BCUT2D eigenvalue weighted by Gasteiger charge is 2.35. The molecule has 0 radical (unpaired) electrons. The summed E-state index contributed by atoms with van der Waals surface area (Å²) in [5, 5.41) is -0.533. The van der Waals surface area contributed by atoms with Crippen LogP contribution in [0.2, 0.25) is 5.02 Å². The van der Waals surface area contributed by atoms with Gasteiger partial charge in [0.05, 0.1) is 22.9 Å². The molecule has 1 heterocycles. The van der Waals surface area contributed by atoms with Crippen molar-refractivity contribution < 1.29 is 41.4 Å². The lowest BCUT2D eigenvalue weighted by atomic mass is 10.2. The first-order valence-corrected chi connectivity index (χ1v) is 9.51. The Morgan fingerprint density at radius 1 is 1.18 bits per heavy atom. The van der Waals surface area contributed by atoms with E-state index in [0.29, 0.717) is 18.6 Å². The molecule has 1 atom stereocenters. The number of esters is 2. The van der Waals surface area contributed by atoms with E-state index in [1.54, 1.807) is 6.92 Å². The van der Waals surface area contributed by atoms with E-state index in [0.717, 1.165) is 14.2 Å². The van der Waals surface area contributed by atoms with E-state index in [-0.39, 0.29) is 21.8 Å². The Morgan fingerprint density at radius 2 is 1.82 bits per heavy atom. The normalized spacial score (nSPS) is 12.4. The van der Waals surface area contributed by atoms with Crippen LogP contribution in [0.5, 0.6) is 0 Å². The van der Waals surface area contributed by atoms with Crippen LogP contribution < -0.4 is 11.2 Å². The number of benzene rings is 1. The Morgan fingerprint density at radius 3 is 2.36 bits per heavy atom. The Balaban J connectivity index is 2.55. The van der Waals surface area contributed by atoms with Crippen molar-refractivity contribution in [2.45, 2.75) is 25.8 Å². The van der Waals surface area contributed by atoms with E-state index in [1.807, 2.05) is 0 Å². The van der Waals surface area contributed by atoms with Gasteiger partial charge in [0, 0.05) is 20.2 Å². The van der Waals surface area contributed by atoms with E-state index in [4.69, 9.17) is 25.8 Å². The third kappa shape index (κ3) is 5.60. The van der Waals surface area contributed by atoms with E-state index in [2.05, 4.69) is 0 Å². The fourth-order valence-electron chi connectivity index (χ4n) is 2.61. The molecule has 2 aromatic rings. The zero-order chi connectivity index (χ0) is 25.1. The highest BCUT2D eigenvalue weighted by molar-refractivity contribution is 6.33. The number of hydrogen-bond donors (Lipinski definition) is 0. The fourth-order valence-corrected chi connectivity index (χ4v) is 2.84. The van der Waals surface area contributed by atoms with Crippen molar-refractivity contribution in [1.82, 2.24) is 9.13 Å². The molecular formula is C19H17ClF4N2O7. The number of ether oxygens (including phenoxy) is 3. The Kier molecular flexibility index (Phi) is 8.03. The molecule has 2 rings (SSSR count). The number of halogens is 5. The van der Waals surface area contributed by atoms with Crippen LogP contribution in [-0.2, 0) is 32.2 Å². The maximum absolute atomic E-state index is 14.5. The molecule has 0 amide bonds. The second-order valence-electron chi connectivity index (χ2n) is 6.47. The van der Waals surface area contributed by atoms with Crippen LogP contribution in [-0.4, -0.2) is 41.1 Å². The first-order valence-electron chi connectivity index (χ1n) is 9.13. The molecule has 0 aliphatic carbocycles. The first kappa shape index (κ1) is 26.1. The number of carbonyl (C=O) groups is 2. The van der Waals surface area contributed by atoms with Gasteiger partial charge in [-0.25, -0.2) is 23.3 Å². The van der Waals surface area contributed by atoms with E-state index in [9.17, 15) is 36.7 Å². The molecule has 0 N–H and O–H groups in total. The van der Waals surface area contributed by atoms with Gasteiger partial charge in [0.25, 0.3) is 5.56 Å². The Bertz CT molecular complexity index is 1190. The molecule has 14 heteroatoms. The van der Waals surface area contributed by atoms with Gasteiger partial charge in [0.2, 0.25) is 0 Å². The van der Waals surface area contributed by atoms with Crippen molar-refractivity contribution in [2.24, 2.45) is 7.05 Å². The summed E-state index contributed by atoms with van der Waals surface area (Å²) in [6.07, 6.45) is -6.36. The van der Waals surface area contributed by atoms with Crippen molar-refractivity contribution in [1.29, 1.82) is 0 Å². The molecule has 180 valence electrons. The monoisotopic (exact) mass is 496 g/mol. The van der Waals surface area contributed by atoms with Crippen LogP contribution in [0, 0.1) is 5.82 Å². The van der Waals surface area contributed by atoms with Crippen LogP contribution in [0.25, 0.3) is 5.69 Å². The van der Waals surface area contributed by atoms with Gasteiger partial charge in [-0.2, -0.15) is 13.2 Å². The van der Waals surface area contributed by atoms with Gasteiger partial charge in [0.1, 0.15) is 11.5 Å². The van der Waals surface area contributed by atoms with E-state index >= 15 is 0 Å². The van der Waals surface area contributed by atoms with E-state index < -0.39 is 63.4 Å². The lowest BCUT2D eigenvalue weighted by molar-refractivity contribution is -0.178. The van der Waals surface area contributed by atoms with E-state index in [1.165, 1.54) is 0 Å². The summed E-state index contributed by atoms with van der Waals surface area (Å²) < 4.78 is 68.2. The summed E-state index contributed by atoms with van der Waals surface area (Å²) in [5.41, 5.74) is -6.08. The second kappa shape index (κ2) is 10.2. The van der Waals surface area contributed by atoms with Gasteiger partial charge < -0.3 is 14.2 Å². The third-order valence-corrected chi connectivity index (χ3v) is 4.49. The summed E-state index contributed by atoms with van der Waals surface area (Å²) in [5.74, 6) is -3.65. The lowest BCUT2D eigenvalue weighted by Crippen LogP contribution is -2.41. The van der Waals surface area contributed by atoms with Gasteiger partial charge >= 0.3 is 30.1 Å². The fraction of sp³-hybridized carbons (Fsp3) is 0.368. The van der Waals surface area contributed by atoms with Crippen molar-refractivity contribution in [3.63, 3.8) is 0 Å². The Labute approximate surface area is 188 Å². The first-order chi connectivity index (χ1) is 15.3. The lowest BCUT2D eigenvalue weighted by Gasteiger charge is -2.17. The number of nitrogens with zero attached hydrogens (tertiary/aromatic N) is 2. The topological polar surface area (TPSA) is 106 Å². The summed E-state index contributed by atoms with van der Waals surface area (Å²) in [4.78, 5) is 49.0. The summed E-state index contributed by atoms with van der Waals surface area (Å²) >= 11 is 5.85. The SMILES string of the molecule is CCCOC(=O)C(OC)OC(=O)c1cc(-n2c(=O)cc(C(F)(F)F)n(C)c2=O)c(F)cc1Cl. The average Bonchev–Trinajstić information content (AvgIpc) is 2.73. The molecule has 0 saturated carbocycles. The molecule has 1 unspecified atom stereocenters. The van der Waals surface area contributed by atoms with Crippen molar-refractivity contribution in [3.05, 3.63) is 61.1 Å². The molecule has 0 bridgehead atoms. The van der Waals surface area contributed by atoms with Crippen LogP contribution in [0.15, 0.2) is 27.8 Å². The minimum absolute atomic E-state index is 0.0117. The van der Waals surface area contributed by atoms with Crippen molar-refractivity contribution in [3.8, 4) is 5.69 Å². The predicted octanol–water partition coefficient (Wildman–Crippen LogP) is 2.43. The van der Waals surface area contributed by atoms with Crippen molar-refractivity contribution >= 4 is 23.5 Å². The summed E-state index contributed by atoms with van der Waals surface area (Å²) in [7, 11) is 1.77. The highest BCUT2D eigenvalue weighted by atomic mass is 35.5. The molecular weight excluding hydrogens is 480 g/mol. The maximum Gasteiger partial charge on any atom is 0.431 e. The molecule has 9 nitrogen and oxygen atoms in total. The number of methoxy groups -OCH3 is 1. The quantitative estimate of drug-likeness (QED) is 0.329. The number of aromatic nitrogens is 2. The molecule has 33 heavy (non-hydrogen) atoms. The van der Waals surface area contributed by atoms with Gasteiger partial charge in [-0.1, -0.05) is 18.5 Å². The van der Waals surface area contributed by atoms with Crippen LogP contribution in [0.3, 0.4) is 0 Å².